The first-order valence-corrected chi connectivity index (χ1v) is 6.14. The summed E-state index contributed by atoms with van der Waals surface area (Å²) in [5.74, 6) is 0.647. The maximum Gasteiger partial charge on any atom is 0.410 e. The van der Waals surface area contributed by atoms with Crippen LogP contribution in [0.1, 0.15) is 34.1 Å². The lowest BCUT2D eigenvalue weighted by Gasteiger charge is -2.36. The number of nitrogens with one attached hydrogen (secondary N) is 1. The molecule has 5 nitrogen and oxygen atoms in total. The van der Waals surface area contributed by atoms with Crippen molar-refractivity contribution in [2.75, 3.05) is 26.2 Å². The Labute approximate surface area is 103 Å². The van der Waals surface area contributed by atoms with Crippen molar-refractivity contribution in [1.29, 1.82) is 5.41 Å². The molecule has 0 aliphatic carbocycles. The van der Waals surface area contributed by atoms with Gasteiger partial charge in [-0.05, 0) is 20.8 Å². The van der Waals surface area contributed by atoms with Gasteiger partial charge in [0.05, 0.1) is 5.84 Å². The van der Waals surface area contributed by atoms with E-state index in [4.69, 9.17) is 10.1 Å². The summed E-state index contributed by atoms with van der Waals surface area (Å²) in [6, 6.07) is 0. The van der Waals surface area contributed by atoms with Gasteiger partial charge in [-0.25, -0.2) is 4.79 Å². The molecule has 0 aromatic rings. The molecule has 1 saturated heterocycles. The van der Waals surface area contributed by atoms with E-state index in [2.05, 4.69) is 0 Å². The Morgan fingerprint density at radius 2 is 1.65 bits per heavy atom. The van der Waals surface area contributed by atoms with Crippen LogP contribution in [0.3, 0.4) is 0 Å². The summed E-state index contributed by atoms with van der Waals surface area (Å²) < 4.78 is 5.31. The predicted molar refractivity (Wildman–Crippen MR) is 67.4 cm³/mol. The topological polar surface area (TPSA) is 56.6 Å². The van der Waals surface area contributed by atoms with E-state index in [1.807, 2.05) is 32.6 Å². The number of amidine groups is 1. The first-order chi connectivity index (χ1) is 7.83. The van der Waals surface area contributed by atoms with Crippen molar-refractivity contribution in [3.63, 3.8) is 0 Å². The molecule has 0 radical (unpaired) electrons. The van der Waals surface area contributed by atoms with E-state index in [1.54, 1.807) is 4.90 Å². The lowest BCUT2D eigenvalue weighted by Crippen LogP contribution is -2.51. The molecule has 0 atom stereocenters. The highest BCUT2D eigenvalue weighted by atomic mass is 16.6. The van der Waals surface area contributed by atoms with Crippen LogP contribution in [0, 0.1) is 5.41 Å². The lowest BCUT2D eigenvalue weighted by molar-refractivity contribution is 0.0186. The van der Waals surface area contributed by atoms with Crippen LogP contribution in [-0.4, -0.2) is 53.5 Å². The predicted octanol–water partition coefficient (Wildman–Crippen LogP) is 1.93. The molecule has 1 aliphatic rings. The molecule has 0 bridgehead atoms. The number of carbonyl (C=O) groups is 1. The average Bonchev–Trinajstić information content (AvgIpc) is 2.26. The van der Waals surface area contributed by atoms with Crippen LogP contribution in [0.2, 0.25) is 0 Å². The summed E-state index contributed by atoms with van der Waals surface area (Å²) in [4.78, 5) is 15.5. The molecule has 1 N–H and O–H groups in total. The average molecular weight is 241 g/mol. The van der Waals surface area contributed by atoms with Gasteiger partial charge >= 0.3 is 6.09 Å². The van der Waals surface area contributed by atoms with Gasteiger partial charge in [0.1, 0.15) is 5.60 Å². The van der Waals surface area contributed by atoms with Crippen molar-refractivity contribution in [3.8, 4) is 0 Å². The highest BCUT2D eigenvalue weighted by Crippen LogP contribution is 2.12. The van der Waals surface area contributed by atoms with E-state index in [0.717, 1.165) is 19.5 Å². The van der Waals surface area contributed by atoms with Crippen LogP contribution >= 0.6 is 0 Å². The second kappa shape index (κ2) is 5.38. The van der Waals surface area contributed by atoms with Crippen molar-refractivity contribution in [1.82, 2.24) is 9.80 Å². The number of amides is 1. The van der Waals surface area contributed by atoms with Gasteiger partial charge in [-0.1, -0.05) is 6.92 Å². The summed E-state index contributed by atoms with van der Waals surface area (Å²) in [7, 11) is 0. The Morgan fingerprint density at radius 1 is 1.18 bits per heavy atom. The Bertz CT molecular complexity index is 289. The van der Waals surface area contributed by atoms with Gasteiger partial charge in [0, 0.05) is 32.6 Å². The fourth-order valence-electron chi connectivity index (χ4n) is 1.71. The number of carbonyl (C=O) groups excluding carboxylic acids is 1. The van der Waals surface area contributed by atoms with Crippen LogP contribution in [0.4, 0.5) is 4.79 Å². The van der Waals surface area contributed by atoms with E-state index in [1.165, 1.54) is 0 Å². The first kappa shape index (κ1) is 13.8. The van der Waals surface area contributed by atoms with Gasteiger partial charge in [0.25, 0.3) is 0 Å². The molecule has 0 aromatic heterocycles. The van der Waals surface area contributed by atoms with Crippen molar-refractivity contribution in [2.45, 2.75) is 39.7 Å². The Kier molecular flexibility index (Phi) is 4.37. The van der Waals surface area contributed by atoms with Gasteiger partial charge in [-0.15, -0.1) is 0 Å². The quantitative estimate of drug-likeness (QED) is 0.563. The number of hydrogen-bond acceptors (Lipinski definition) is 3. The normalized spacial score (nSPS) is 16.9. The third kappa shape index (κ3) is 4.24. The van der Waals surface area contributed by atoms with Crippen LogP contribution in [-0.2, 0) is 4.74 Å². The maximum absolute atomic E-state index is 11.8. The minimum absolute atomic E-state index is 0.250. The minimum Gasteiger partial charge on any atom is -0.444 e. The highest BCUT2D eigenvalue weighted by molar-refractivity contribution is 5.79. The molecule has 1 rings (SSSR count). The Hall–Kier alpha value is -1.26. The molecule has 0 unspecified atom stereocenters. The second-order valence-electron chi connectivity index (χ2n) is 5.25. The molecule has 1 heterocycles. The van der Waals surface area contributed by atoms with Crippen molar-refractivity contribution < 1.29 is 9.53 Å². The molecule has 0 saturated carbocycles. The first-order valence-electron chi connectivity index (χ1n) is 6.14. The zero-order valence-corrected chi connectivity index (χ0v) is 11.2. The Balaban J connectivity index is 2.42. The van der Waals surface area contributed by atoms with Gasteiger partial charge < -0.3 is 14.5 Å². The molecule has 0 spiro atoms. The summed E-state index contributed by atoms with van der Waals surface area (Å²) in [6.07, 6.45) is 0.493. The third-order valence-electron chi connectivity index (χ3n) is 2.65. The van der Waals surface area contributed by atoms with Crippen molar-refractivity contribution in [2.24, 2.45) is 0 Å². The van der Waals surface area contributed by atoms with E-state index in [9.17, 15) is 4.79 Å². The Morgan fingerprint density at radius 3 is 2.06 bits per heavy atom. The van der Waals surface area contributed by atoms with E-state index in [-0.39, 0.29) is 6.09 Å². The summed E-state index contributed by atoms with van der Waals surface area (Å²) >= 11 is 0. The SMILES string of the molecule is CCC(=N)N1CCN(C(=O)OC(C)(C)C)CC1. The largest absolute Gasteiger partial charge is 0.444 e. The maximum atomic E-state index is 11.8. The third-order valence-corrected chi connectivity index (χ3v) is 2.65. The second-order valence-corrected chi connectivity index (χ2v) is 5.25. The zero-order valence-electron chi connectivity index (χ0n) is 11.2. The zero-order chi connectivity index (χ0) is 13.1. The van der Waals surface area contributed by atoms with Crippen LogP contribution in [0.15, 0.2) is 0 Å². The van der Waals surface area contributed by atoms with E-state index in [0.29, 0.717) is 18.9 Å². The molecular weight excluding hydrogens is 218 g/mol. The van der Waals surface area contributed by atoms with Crippen LogP contribution in [0.5, 0.6) is 0 Å². The molecule has 1 amide bonds. The van der Waals surface area contributed by atoms with E-state index >= 15 is 0 Å². The number of piperazine rings is 1. The number of ether oxygens (including phenoxy) is 1. The van der Waals surface area contributed by atoms with Gasteiger partial charge in [-0.3, -0.25) is 5.41 Å². The molecule has 17 heavy (non-hydrogen) atoms. The summed E-state index contributed by atoms with van der Waals surface area (Å²) in [6.45, 7) is 10.3. The molecule has 1 fully saturated rings. The van der Waals surface area contributed by atoms with Gasteiger partial charge in [-0.2, -0.15) is 0 Å². The monoisotopic (exact) mass is 241 g/mol. The van der Waals surface area contributed by atoms with Crippen molar-refractivity contribution >= 4 is 11.9 Å². The fraction of sp³-hybridized carbons (Fsp3) is 0.833. The molecule has 1 aliphatic heterocycles. The van der Waals surface area contributed by atoms with Gasteiger partial charge in [0.15, 0.2) is 0 Å². The number of nitrogens with zero attached hydrogens (tertiary/aromatic N) is 2. The molecule has 5 heteroatoms. The molecule has 98 valence electrons. The van der Waals surface area contributed by atoms with Crippen LogP contribution in [0.25, 0.3) is 0 Å². The fourth-order valence-corrected chi connectivity index (χ4v) is 1.71. The standard InChI is InChI=1S/C12H23N3O2/c1-5-10(13)14-6-8-15(9-7-14)11(16)17-12(2,3)4/h13H,5-9H2,1-4H3. The molecule has 0 aromatic carbocycles. The minimum atomic E-state index is -0.440. The van der Waals surface area contributed by atoms with Crippen molar-refractivity contribution in [3.05, 3.63) is 0 Å². The van der Waals surface area contributed by atoms with Gasteiger partial charge in [0.2, 0.25) is 0 Å². The lowest BCUT2D eigenvalue weighted by atomic mass is 10.2. The smallest absolute Gasteiger partial charge is 0.410 e. The number of rotatable bonds is 1. The summed E-state index contributed by atoms with van der Waals surface area (Å²) in [5, 5.41) is 7.74. The molecular formula is C12H23N3O2. The number of hydrogen-bond donors (Lipinski definition) is 1. The highest BCUT2D eigenvalue weighted by Gasteiger charge is 2.26. The van der Waals surface area contributed by atoms with E-state index < -0.39 is 5.60 Å². The van der Waals surface area contributed by atoms with Crippen LogP contribution < -0.4 is 0 Å². The summed E-state index contributed by atoms with van der Waals surface area (Å²) in [5.41, 5.74) is -0.440.